The molecule has 2 unspecified atom stereocenters. The summed E-state index contributed by atoms with van der Waals surface area (Å²) in [6.07, 6.45) is 2.01. The van der Waals surface area contributed by atoms with Crippen molar-refractivity contribution in [1.82, 2.24) is 5.32 Å². The van der Waals surface area contributed by atoms with Crippen molar-refractivity contribution < 1.29 is 4.39 Å². The first-order valence-corrected chi connectivity index (χ1v) is 4.77. The third-order valence-electron chi connectivity index (χ3n) is 2.80. The predicted octanol–water partition coefficient (Wildman–Crippen LogP) is 1.06. The first-order chi connectivity index (χ1) is 5.65. The predicted molar refractivity (Wildman–Crippen MR) is 48.8 cm³/mol. The highest BCUT2D eigenvalue weighted by atomic mass is 19.1. The second-order valence-corrected chi connectivity index (χ2v) is 3.68. The Morgan fingerprint density at radius 3 is 2.58 bits per heavy atom. The number of alkyl halides is 1. The van der Waals surface area contributed by atoms with Gasteiger partial charge in [0.25, 0.3) is 0 Å². The maximum absolute atomic E-state index is 14.1. The first-order valence-electron chi connectivity index (χ1n) is 4.77. The van der Waals surface area contributed by atoms with Gasteiger partial charge in [0.2, 0.25) is 0 Å². The van der Waals surface area contributed by atoms with E-state index in [2.05, 4.69) is 5.32 Å². The van der Waals surface area contributed by atoms with E-state index in [1.807, 2.05) is 13.8 Å². The number of hydrogen-bond donors (Lipinski definition) is 2. The summed E-state index contributed by atoms with van der Waals surface area (Å²) >= 11 is 0. The van der Waals surface area contributed by atoms with Crippen LogP contribution in [0.5, 0.6) is 0 Å². The van der Waals surface area contributed by atoms with E-state index in [0.717, 1.165) is 19.4 Å². The van der Waals surface area contributed by atoms with E-state index in [1.54, 1.807) is 0 Å². The minimum Gasteiger partial charge on any atom is -0.327 e. The van der Waals surface area contributed by atoms with Crippen molar-refractivity contribution in [3.05, 3.63) is 0 Å². The monoisotopic (exact) mass is 174 g/mol. The van der Waals surface area contributed by atoms with Gasteiger partial charge in [0, 0.05) is 12.6 Å². The molecule has 1 aliphatic rings. The third kappa shape index (κ3) is 1.77. The van der Waals surface area contributed by atoms with Crippen LogP contribution in [0.15, 0.2) is 0 Å². The summed E-state index contributed by atoms with van der Waals surface area (Å²) in [6.45, 7) is 4.82. The summed E-state index contributed by atoms with van der Waals surface area (Å²) < 4.78 is 14.1. The normalized spacial score (nSPS) is 25.0. The van der Waals surface area contributed by atoms with E-state index < -0.39 is 5.67 Å². The molecule has 1 rings (SSSR count). The molecule has 0 aromatic heterocycles. The van der Waals surface area contributed by atoms with Crippen molar-refractivity contribution >= 4 is 0 Å². The molecule has 12 heavy (non-hydrogen) atoms. The Bertz CT molecular complexity index is 147. The highest BCUT2D eigenvalue weighted by Crippen LogP contribution is 2.43. The van der Waals surface area contributed by atoms with Crippen LogP contribution < -0.4 is 11.1 Å². The fourth-order valence-corrected chi connectivity index (χ4v) is 1.74. The maximum Gasteiger partial charge on any atom is 0.140 e. The van der Waals surface area contributed by atoms with Gasteiger partial charge in [-0.05, 0) is 32.2 Å². The number of rotatable bonds is 5. The lowest BCUT2D eigenvalue weighted by Gasteiger charge is -2.30. The van der Waals surface area contributed by atoms with Crippen molar-refractivity contribution in [1.29, 1.82) is 0 Å². The van der Waals surface area contributed by atoms with E-state index >= 15 is 0 Å². The molecule has 1 aliphatic carbocycles. The summed E-state index contributed by atoms with van der Waals surface area (Å²) in [7, 11) is 0. The number of halogens is 1. The van der Waals surface area contributed by atoms with Crippen LogP contribution in [-0.4, -0.2) is 24.8 Å². The van der Waals surface area contributed by atoms with Gasteiger partial charge in [-0.2, -0.15) is 0 Å². The van der Waals surface area contributed by atoms with Gasteiger partial charge < -0.3 is 11.1 Å². The summed E-state index contributed by atoms with van der Waals surface area (Å²) in [5.41, 5.74) is 4.29. The molecule has 1 fully saturated rings. The van der Waals surface area contributed by atoms with Crippen LogP contribution in [0.2, 0.25) is 0 Å². The topological polar surface area (TPSA) is 38.0 Å². The molecule has 0 aromatic rings. The maximum atomic E-state index is 14.1. The van der Waals surface area contributed by atoms with Gasteiger partial charge in [0.1, 0.15) is 5.67 Å². The van der Waals surface area contributed by atoms with Gasteiger partial charge in [-0.25, -0.2) is 4.39 Å². The van der Waals surface area contributed by atoms with Crippen LogP contribution in [0.4, 0.5) is 4.39 Å². The summed E-state index contributed by atoms with van der Waals surface area (Å²) in [6, 6.07) is -0.111. The minimum absolute atomic E-state index is 0.111. The summed E-state index contributed by atoms with van der Waals surface area (Å²) in [5, 5.41) is 3.10. The molecule has 3 N–H and O–H groups in total. The molecular weight excluding hydrogens is 155 g/mol. The number of nitrogens with one attached hydrogen (secondary N) is 1. The molecule has 72 valence electrons. The lowest BCUT2D eigenvalue weighted by atomic mass is 9.92. The van der Waals surface area contributed by atoms with Crippen molar-refractivity contribution in [2.24, 2.45) is 11.7 Å². The largest absolute Gasteiger partial charge is 0.327 e. The standard InChI is InChI=1S/C9H19FN2/c1-3-12-7(2)9(10,6-11)8-4-5-8/h7-8,12H,3-6,11H2,1-2H3. The molecule has 0 radical (unpaired) electrons. The Balaban J connectivity index is 2.51. The van der Waals surface area contributed by atoms with Gasteiger partial charge in [-0.1, -0.05) is 6.92 Å². The average Bonchev–Trinajstić information content (AvgIpc) is 2.86. The molecule has 0 amide bonds. The molecule has 0 aliphatic heterocycles. The number of hydrogen-bond acceptors (Lipinski definition) is 2. The van der Waals surface area contributed by atoms with Gasteiger partial charge in [-0.3, -0.25) is 0 Å². The molecule has 0 spiro atoms. The molecule has 2 atom stereocenters. The molecule has 1 saturated carbocycles. The Kier molecular flexibility index (Phi) is 3.07. The average molecular weight is 174 g/mol. The van der Waals surface area contributed by atoms with Crippen LogP contribution in [0.1, 0.15) is 26.7 Å². The van der Waals surface area contributed by atoms with E-state index in [9.17, 15) is 4.39 Å². The number of nitrogens with two attached hydrogens (primary N) is 1. The van der Waals surface area contributed by atoms with Crippen molar-refractivity contribution in [2.45, 2.75) is 38.4 Å². The SMILES string of the molecule is CCNC(C)C(F)(CN)C1CC1. The zero-order chi connectivity index (χ0) is 9.19. The molecule has 0 bridgehead atoms. The summed E-state index contributed by atoms with van der Waals surface area (Å²) in [5.74, 6) is 0.205. The van der Waals surface area contributed by atoms with E-state index in [-0.39, 0.29) is 18.5 Å². The zero-order valence-electron chi connectivity index (χ0n) is 7.94. The third-order valence-corrected chi connectivity index (χ3v) is 2.80. The molecule has 3 heteroatoms. The van der Waals surface area contributed by atoms with E-state index in [1.165, 1.54) is 0 Å². The van der Waals surface area contributed by atoms with Crippen molar-refractivity contribution in [2.75, 3.05) is 13.1 Å². The molecule has 0 heterocycles. The van der Waals surface area contributed by atoms with Crippen molar-refractivity contribution in [3.8, 4) is 0 Å². The van der Waals surface area contributed by atoms with Crippen molar-refractivity contribution in [3.63, 3.8) is 0 Å². The fraction of sp³-hybridized carbons (Fsp3) is 1.00. The second kappa shape index (κ2) is 3.71. The van der Waals surface area contributed by atoms with Crippen LogP contribution in [0.25, 0.3) is 0 Å². The van der Waals surface area contributed by atoms with Gasteiger partial charge in [-0.15, -0.1) is 0 Å². The van der Waals surface area contributed by atoms with E-state index in [0.29, 0.717) is 0 Å². The Hall–Kier alpha value is -0.150. The Morgan fingerprint density at radius 1 is 1.67 bits per heavy atom. The lowest BCUT2D eigenvalue weighted by Crippen LogP contribution is -2.52. The van der Waals surface area contributed by atoms with Crippen LogP contribution in [0.3, 0.4) is 0 Å². The van der Waals surface area contributed by atoms with Gasteiger partial charge in [0.15, 0.2) is 0 Å². The minimum atomic E-state index is -1.17. The second-order valence-electron chi connectivity index (χ2n) is 3.68. The molecule has 0 aromatic carbocycles. The summed E-state index contributed by atoms with van der Waals surface area (Å²) in [4.78, 5) is 0. The quantitative estimate of drug-likeness (QED) is 0.654. The molecule has 0 saturated heterocycles. The van der Waals surface area contributed by atoms with Gasteiger partial charge >= 0.3 is 0 Å². The smallest absolute Gasteiger partial charge is 0.140 e. The molecular formula is C9H19FN2. The Labute approximate surface area is 73.7 Å². The van der Waals surface area contributed by atoms with Crippen LogP contribution in [-0.2, 0) is 0 Å². The fourth-order valence-electron chi connectivity index (χ4n) is 1.74. The Morgan fingerprint density at radius 2 is 2.25 bits per heavy atom. The van der Waals surface area contributed by atoms with Crippen LogP contribution >= 0.6 is 0 Å². The highest BCUT2D eigenvalue weighted by molar-refractivity contribution is 5.01. The zero-order valence-corrected chi connectivity index (χ0v) is 7.94. The van der Waals surface area contributed by atoms with Crippen LogP contribution in [0, 0.1) is 5.92 Å². The lowest BCUT2D eigenvalue weighted by molar-refractivity contribution is 0.0964. The van der Waals surface area contributed by atoms with E-state index in [4.69, 9.17) is 5.73 Å². The highest BCUT2D eigenvalue weighted by Gasteiger charge is 2.48. The molecule has 2 nitrogen and oxygen atoms in total. The van der Waals surface area contributed by atoms with Gasteiger partial charge in [0.05, 0.1) is 0 Å². The first kappa shape index (κ1) is 9.93.